The Kier molecular flexibility index (Phi) is 5.97. The number of hydrogen-bond donors (Lipinski definition) is 1. The molecule has 148 valence electrons. The fraction of sp³-hybridized carbons (Fsp3) is 0.571. The number of piperazine rings is 1. The highest BCUT2D eigenvalue weighted by atomic mass is 16.2. The van der Waals surface area contributed by atoms with Crippen LogP contribution in [0, 0.1) is 5.41 Å². The second-order valence-corrected chi connectivity index (χ2v) is 9.12. The molecular weight excluding hydrogens is 342 g/mol. The van der Waals surface area contributed by atoms with Crippen molar-refractivity contribution in [1.82, 2.24) is 15.1 Å². The van der Waals surface area contributed by atoms with Crippen molar-refractivity contribution in [1.29, 1.82) is 0 Å². The minimum absolute atomic E-state index is 0.0689. The van der Waals surface area contributed by atoms with E-state index in [4.69, 9.17) is 0 Å². The molecule has 0 unspecified atom stereocenters. The number of rotatable bonds is 2. The average molecular weight is 373 g/mol. The van der Waals surface area contributed by atoms with Crippen molar-refractivity contribution in [3.63, 3.8) is 0 Å². The summed E-state index contributed by atoms with van der Waals surface area (Å²) < 4.78 is 0. The molecule has 1 aromatic rings. The third-order valence-corrected chi connectivity index (χ3v) is 4.38. The van der Waals surface area contributed by atoms with Crippen LogP contribution < -0.4 is 5.32 Å². The van der Waals surface area contributed by atoms with Crippen LogP contribution in [0.25, 0.3) is 0 Å². The van der Waals surface area contributed by atoms with Gasteiger partial charge in [-0.2, -0.15) is 0 Å². The highest BCUT2D eigenvalue weighted by molar-refractivity contribution is 5.98. The summed E-state index contributed by atoms with van der Waals surface area (Å²) in [5, 5.41) is 2.90. The Balaban J connectivity index is 1.97. The first-order chi connectivity index (χ1) is 12.4. The van der Waals surface area contributed by atoms with Crippen LogP contribution in [-0.4, -0.2) is 59.2 Å². The van der Waals surface area contributed by atoms with Gasteiger partial charge in [0.25, 0.3) is 11.8 Å². The van der Waals surface area contributed by atoms with Gasteiger partial charge in [0.2, 0.25) is 5.91 Å². The summed E-state index contributed by atoms with van der Waals surface area (Å²) >= 11 is 0. The van der Waals surface area contributed by atoms with E-state index >= 15 is 0 Å². The molecule has 0 bridgehead atoms. The van der Waals surface area contributed by atoms with Gasteiger partial charge in [-0.3, -0.25) is 14.4 Å². The lowest BCUT2D eigenvalue weighted by Crippen LogP contribution is -2.53. The Morgan fingerprint density at radius 1 is 0.778 bits per heavy atom. The van der Waals surface area contributed by atoms with Crippen LogP contribution in [-0.2, 0) is 4.79 Å². The first-order valence-electron chi connectivity index (χ1n) is 9.40. The molecule has 0 aromatic heterocycles. The van der Waals surface area contributed by atoms with Crippen LogP contribution in [0.5, 0.6) is 0 Å². The molecule has 1 aliphatic heterocycles. The molecule has 1 saturated heterocycles. The molecule has 1 aliphatic rings. The van der Waals surface area contributed by atoms with Crippen LogP contribution in [0.2, 0.25) is 0 Å². The normalized spacial score (nSPS) is 15.5. The molecule has 6 nitrogen and oxygen atoms in total. The van der Waals surface area contributed by atoms with Crippen molar-refractivity contribution in [2.24, 2.45) is 5.41 Å². The van der Waals surface area contributed by atoms with E-state index in [1.807, 2.05) is 46.4 Å². The van der Waals surface area contributed by atoms with Gasteiger partial charge in [-0.1, -0.05) is 20.8 Å². The Morgan fingerprint density at radius 2 is 1.22 bits per heavy atom. The third kappa shape index (κ3) is 5.55. The van der Waals surface area contributed by atoms with Crippen LogP contribution in [0.3, 0.4) is 0 Å². The van der Waals surface area contributed by atoms with E-state index in [9.17, 15) is 14.4 Å². The van der Waals surface area contributed by atoms with Crippen molar-refractivity contribution in [3.05, 3.63) is 35.4 Å². The molecule has 6 heteroatoms. The van der Waals surface area contributed by atoms with Gasteiger partial charge in [0, 0.05) is 48.3 Å². The molecule has 27 heavy (non-hydrogen) atoms. The van der Waals surface area contributed by atoms with E-state index in [1.54, 1.807) is 29.2 Å². The first-order valence-corrected chi connectivity index (χ1v) is 9.40. The van der Waals surface area contributed by atoms with Crippen molar-refractivity contribution in [2.75, 3.05) is 26.2 Å². The van der Waals surface area contributed by atoms with Crippen molar-refractivity contribution in [3.8, 4) is 0 Å². The maximum absolute atomic E-state index is 12.7. The Bertz CT molecular complexity index is 704. The van der Waals surface area contributed by atoms with Gasteiger partial charge < -0.3 is 15.1 Å². The van der Waals surface area contributed by atoms with E-state index in [0.717, 1.165) is 0 Å². The molecule has 0 saturated carbocycles. The quantitative estimate of drug-likeness (QED) is 0.866. The van der Waals surface area contributed by atoms with E-state index in [1.165, 1.54) is 0 Å². The molecular formula is C21H31N3O3. The van der Waals surface area contributed by atoms with Crippen molar-refractivity contribution < 1.29 is 14.4 Å². The monoisotopic (exact) mass is 373 g/mol. The van der Waals surface area contributed by atoms with Gasteiger partial charge >= 0.3 is 0 Å². The topological polar surface area (TPSA) is 69.7 Å². The summed E-state index contributed by atoms with van der Waals surface area (Å²) in [6.07, 6.45) is 0. The van der Waals surface area contributed by atoms with Gasteiger partial charge in [-0.25, -0.2) is 0 Å². The van der Waals surface area contributed by atoms with Crippen LogP contribution in [0.15, 0.2) is 24.3 Å². The summed E-state index contributed by atoms with van der Waals surface area (Å²) in [6.45, 7) is 13.6. The third-order valence-electron chi connectivity index (χ3n) is 4.38. The minimum atomic E-state index is -0.407. The zero-order valence-corrected chi connectivity index (χ0v) is 17.3. The Morgan fingerprint density at radius 3 is 1.67 bits per heavy atom. The van der Waals surface area contributed by atoms with E-state index in [-0.39, 0.29) is 23.3 Å². The molecule has 0 aliphatic carbocycles. The predicted molar refractivity (Wildman–Crippen MR) is 106 cm³/mol. The number of nitrogens with zero attached hydrogens (tertiary/aromatic N) is 2. The lowest BCUT2D eigenvalue weighted by atomic mass is 9.94. The summed E-state index contributed by atoms with van der Waals surface area (Å²) in [4.78, 5) is 40.8. The van der Waals surface area contributed by atoms with Gasteiger partial charge in [-0.05, 0) is 45.0 Å². The summed E-state index contributed by atoms with van der Waals surface area (Å²) in [5.41, 5.74) is 0.366. The van der Waals surface area contributed by atoms with E-state index in [0.29, 0.717) is 37.3 Å². The second kappa shape index (κ2) is 7.71. The van der Waals surface area contributed by atoms with Gasteiger partial charge in [0.05, 0.1) is 0 Å². The number of amides is 3. The summed E-state index contributed by atoms with van der Waals surface area (Å²) in [5.74, 6) is -0.111. The molecule has 2 rings (SSSR count). The molecule has 1 heterocycles. The molecule has 1 fully saturated rings. The fourth-order valence-electron chi connectivity index (χ4n) is 2.95. The van der Waals surface area contributed by atoms with Gasteiger partial charge in [0.1, 0.15) is 0 Å². The lowest BCUT2D eigenvalue weighted by Gasteiger charge is -2.37. The van der Waals surface area contributed by atoms with Crippen LogP contribution >= 0.6 is 0 Å². The summed E-state index contributed by atoms with van der Waals surface area (Å²) in [7, 11) is 0. The smallest absolute Gasteiger partial charge is 0.253 e. The first kappa shape index (κ1) is 20.9. The molecule has 0 atom stereocenters. The number of nitrogens with one attached hydrogen (secondary N) is 1. The number of carbonyl (C=O) groups excluding carboxylic acids is 3. The Hall–Kier alpha value is -2.37. The maximum Gasteiger partial charge on any atom is 0.253 e. The fourth-order valence-corrected chi connectivity index (χ4v) is 2.95. The molecule has 3 amide bonds. The number of carbonyl (C=O) groups is 3. The molecule has 1 N–H and O–H groups in total. The van der Waals surface area contributed by atoms with Crippen LogP contribution in [0.1, 0.15) is 62.3 Å². The zero-order chi connectivity index (χ0) is 20.4. The largest absolute Gasteiger partial charge is 0.347 e. The molecule has 0 radical (unpaired) electrons. The SMILES string of the molecule is CC(C)(C)NC(=O)c1ccc(C(=O)N2CCN(C(=O)C(C)(C)C)CC2)cc1. The number of hydrogen-bond acceptors (Lipinski definition) is 3. The van der Waals surface area contributed by atoms with Crippen molar-refractivity contribution >= 4 is 17.7 Å². The highest BCUT2D eigenvalue weighted by Gasteiger charge is 2.31. The zero-order valence-electron chi connectivity index (χ0n) is 17.3. The molecule has 0 spiro atoms. The van der Waals surface area contributed by atoms with Gasteiger partial charge in [0.15, 0.2) is 0 Å². The molecule has 1 aromatic carbocycles. The second-order valence-electron chi connectivity index (χ2n) is 9.12. The maximum atomic E-state index is 12.7. The summed E-state index contributed by atoms with van der Waals surface area (Å²) in [6, 6.07) is 6.72. The Labute approximate surface area is 161 Å². The van der Waals surface area contributed by atoms with Crippen molar-refractivity contribution in [2.45, 2.75) is 47.1 Å². The number of benzene rings is 1. The lowest BCUT2D eigenvalue weighted by molar-refractivity contribution is -0.140. The standard InChI is InChI=1S/C21H31N3O3/c1-20(2,3)19(27)24-13-11-23(12-14-24)18(26)16-9-7-15(8-10-16)17(25)22-21(4,5)6/h7-10H,11-14H2,1-6H3,(H,22,25). The minimum Gasteiger partial charge on any atom is -0.347 e. The average Bonchev–Trinajstić information content (AvgIpc) is 2.58. The van der Waals surface area contributed by atoms with Crippen LogP contribution in [0.4, 0.5) is 0 Å². The predicted octanol–water partition coefficient (Wildman–Crippen LogP) is 2.55. The van der Waals surface area contributed by atoms with E-state index in [2.05, 4.69) is 5.32 Å². The van der Waals surface area contributed by atoms with E-state index < -0.39 is 5.41 Å². The van der Waals surface area contributed by atoms with Gasteiger partial charge in [-0.15, -0.1) is 0 Å². The highest BCUT2D eigenvalue weighted by Crippen LogP contribution is 2.19.